The van der Waals surface area contributed by atoms with Crippen molar-refractivity contribution in [2.75, 3.05) is 0 Å². The number of halogens is 1. The molecule has 0 heterocycles. The number of alkyl halides is 1. The maximum atomic E-state index is 13.8. The zero-order valence-corrected chi connectivity index (χ0v) is 9.44. The average Bonchev–Trinajstić information content (AvgIpc) is 1.78. The van der Waals surface area contributed by atoms with Gasteiger partial charge in [-0.1, -0.05) is 20.8 Å². The van der Waals surface area contributed by atoms with Crippen molar-refractivity contribution < 1.29 is 4.39 Å². The molecule has 0 aromatic rings. The molecule has 1 aliphatic rings. The summed E-state index contributed by atoms with van der Waals surface area (Å²) >= 11 is 0. The van der Waals surface area contributed by atoms with Gasteiger partial charge in [-0.25, -0.2) is 4.39 Å². The van der Waals surface area contributed by atoms with Gasteiger partial charge < -0.3 is 0 Å². The second-order valence-corrected chi connectivity index (χ2v) is 5.66. The van der Waals surface area contributed by atoms with E-state index in [2.05, 4.69) is 20.8 Å². The van der Waals surface area contributed by atoms with Gasteiger partial charge in [-0.2, -0.15) is 0 Å². The Bertz CT molecular complexity index is 159. The molecule has 0 amide bonds. The first-order valence-electron chi connectivity index (χ1n) is 5.58. The molecule has 1 aliphatic carbocycles. The molecular formula is C12H23F. The van der Waals surface area contributed by atoms with E-state index in [0.717, 1.165) is 12.8 Å². The summed E-state index contributed by atoms with van der Waals surface area (Å²) in [7, 11) is 0. The Morgan fingerprint density at radius 2 is 2.00 bits per heavy atom. The van der Waals surface area contributed by atoms with Gasteiger partial charge in [0.1, 0.15) is 5.67 Å². The van der Waals surface area contributed by atoms with Gasteiger partial charge in [0.2, 0.25) is 0 Å². The summed E-state index contributed by atoms with van der Waals surface area (Å²) in [6.45, 7) is 8.42. The van der Waals surface area contributed by atoms with Crippen LogP contribution in [0.2, 0.25) is 0 Å². The van der Waals surface area contributed by atoms with Gasteiger partial charge in [0.25, 0.3) is 0 Å². The number of hydrogen-bond donors (Lipinski definition) is 0. The molecule has 0 N–H and O–H groups in total. The van der Waals surface area contributed by atoms with E-state index in [4.69, 9.17) is 0 Å². The predicted molar refractivity (Wildman–Crippen MR) is 55.5 cm³/mol. The molecule has 1 fully saturated rings. The largest absolute Gasteiger partial charge is 0.244 e. The van der Waals surface area contributed by atoms with E-state index in [0.29, 0.717) is 17.8 Å². The maximum Gasteiger partial charge on any atom is 0.108 e. The Kier molecular flexibility index (Phi) is 3.37. The zero-order chi connectivity index (χ0) is 10.1. The smallest absolute Gasteiger partial charge is 0.108 e. The van der Waals surface area contributed by atoms with Crippen molar-refractivity contribution in [3.8, 4) is 0 Å². The Labute approximate surface area is 81.9 Å². The molecule has 0 saturated heterocycles. The lowest BCUT2D eigenvalue weighted by atomic mass is 9.72. The summed E-state index contributed by atoms with van der Waals surface area (Å²) in [5.41, 5.74) is -0.892. The SMILES string of the molecule is CC(C)CC1CC(C)CC(C)(F)C1. The van der Waals surface area contributed by atoms with Crippen molar-refractivity contribution in [2.24, 2.45) is 17.8 Å². The van der Waals surface area contributed by atoms with Crippen molar-refractivity contribution in [1.29, 1.82) is 0 Å². The van der Waals surface area contributed by atoms with E-state index in [1.807, 2.05) is 0 Å². The molecule has 1 saturated carbocycles. The highest BCUT2D eigenvalue weighted by Gasteiger charge is 2.35. The zero-order valence-electron chi connectivity index (χ0n) is 9.44. The summed E-state index contributed by atoms with van der Waals surface area (Å²) in [6, 6.07) is 0. The lowest BCUT2D eigenvalue weighted by Crippen LogP contribution is -2.32. The van der Waals surface area contributed by atoms with Crippen molar-refractivity contribution >= 4 is 0 Å². The molecule has 0 aliphatic heterocycles. The fourth-order valence-electron chi connectivity index (χ4n) is 2.99. The summed E-state index contributed by atoms with van der Waals surface area (Å²) < 4.78 is 13.8. The van der Waals surface area contributed by atoms with E-state index in [-0.39, 0.29) is 0 Å². The summed E-state index contributed by atoms with van der Waals surface area (Å²) in [5.74, 6) is 1.91. The highest BCUT2D eigenvalue weighted by atomic mass is 19.1. The van der Waals surface area contributed by atoms with Crippen LogP contribution in [-0.2, 0) is 0 Å². The normalized spacial score (nSPS) is 41.1. The molecule has 0 radical (unpaired) electrons. The Balaban J connectivity index is 2.48. The van der Waals surface area contributed by atoms with Crippen LogP contribution in [0.25, 0.3) is 0 Å². The van der Waals surface area contributed by atoms with E-state index >= 15 is 0 Å². The summed E-state index contributed by atoms with van der Waals surface area (Å²) in [4.78, 5) is 0. The van der Waals surface area contributed by atoms with Crippen molar-refractivity contribution in [2.45, 2.75) is 59.0 Å². The minimum absolute atomic E-state index is 0.576. The van der Waals surface area contributed by atoms with E-state index in [9.17, 15) is 4.39 Å². The molecular weight excluding hydrogens is 163 g/mol. The minimum atomic E-state index is -0.892. The Hall–Kier alpha value is -0.0700. The van der Waals surface area contributed by atoms with E-state index in [1.165, 1.54) is 12.8 Å². The summed E-state index contributed by atoms with van der Waals surface area (Å²) in [5, 5.41) is 0. The second kappa shape index (κ2) is 3.98. The minimum Gasteiger partial charge on any atom is -0.244 e. The van der Waals surface area contributed by atoms with Gasteiger partial charge in [0.05, 0.1) is 0 Å². The lowest BCUT2D eigenvalue weighted by Gasteiger charge is -2.36. The molecule has 0 bridgehead atoms. The standard InChI is InChI=1S/C12H23F/c1-9(2)5-11-6-10(3)7-12(4,13)8-11/h9-11H,5-8H2,1-4H3. The molecule has 3 atom stereocenters. The third-order valence-corrected chi connectivity index (χ3v) is 3.03. The maximum absolute atomic E-state index is 13.8. The molecule has 1 rings (SSSR count). The molecule has 78 valence electrons. The highest BCUT2D eigenvalue weighted by Crippen LogP contribution is 2.40. The van der Waals surface area contributed by atoms with Crippen LogP contribution in [0.3, 0.4) is 0 Å². The first-order chi connectivity index (χ1) is 5.89. The van der Waals surface area contributed by atoms with E-state index < -0.39 is 5.67 Å². The molecule has 13 heavy (non-hydrogen) atoms. The van der Waals surface area contributed by atoms with Gasteiger partial charge >= 0.3 is 0 Å². The van der Waals surface area contributed by atoms with Gasteiger partial charge in [-0.3, -0.25) is 0 Å². The number of hydrogen-bond acceptors (Lipinski definition) is 0. The lowest BCUT2D eigenvalue weighted by molar-refractivity contribution is 0.0570. The van der Waals surface area contributed by atoms with Crippen LogP contribution >= 0.6 is 0 Å². The highest BCUT2D eigenvalue weighted by molar-refractivity contribution is 4.86. The van der Waals surface area contributed by atoms with E-state index in [1.54, 1.807) is 6.92 Å². The van der Waals surface area contributed by atoms with Crippen molar-refractivity contribution in [1.82, 2.24) is 0 Å². The quantitative estimate of drug-likeness (QED) is 0.606. The van der Waals surface area contributed by atoms with Gasteiger partial charge in [-0.15, -0.1) is 0 Å². The van der Waals surface area contributed by atoms with Crippen molar-refractivity contribution in [3.05, 3.63) is 0 Å². The molecule has 0 aromatic carbocycles. The second-order valence-electron chi connectivity index (χ2n) is 5.66. The molecule has 3 unspecified atom stereocenters. The molecule has 0 aromatic heterocycles. The number of rotatable bonds is 2. The van der Waals surface area contributed by atoms with Gasteiger partial charge in [0, 0.05) is 0 Å². The molecule has 0 spiro atoms. The third-order valence-electron chi connectivity index (χ3n) is 3.03. The fourth-order valence-corrected chi connectivity index (χ4v) is 2.99. The molecule has 0 nitrogen and oxygen atoms in total. The third kappa shape index (κ3) is 3.66. The van der Waals surface area contributed by atoms with Crippen LogP contribution in [0.15, 0.2) is 0 Å². The van der Waals surface area contributed by atoms with Crippen LogP contribution in [0.4, 0.5) is 4.39 Å². The summed E-state index contributed by atoms with van der Waals surface area (Å²) in [6.07, 6.45) is 3.98. The average molecular weight is 186 g/mol. The first-order valence-corrected chi connectivity index (χ1v) is 5.58. The predicted octanol–water partition coefficient (Wildman–Crippen LogP) is 4.20. The van der Waals surface area contributed by atoms with Crippen LogP contribution in [0.1, 0.15) is 53.4 Å². The monoisotopic (exact) mass is 186 g/mol. The Morgan fingerprint density at radius 3 is 2.46 bits per heavy atom. The molecule has 1 heteroatoms. The van der Waals surface area contributed by atoms with Crippen LogP contribution in [0.5, 0.6) is 0 Å². The van der Waals surface area contributed by atoms with Gasteiger partial charge in [-0.05, 0) is 50.4 Å². The van der Waals surface area contributed by atoms with Crippen molar-refractivity contribution in [3.63, 3.8) is 0 Å². The fraction of sp³-hybridized carbons (Fsp3) is 1.00. The van der Waals surface area contributed by atoms with Crippen LogP contribution in [0, 0.1) is 17.8 Å². The van der Waals surface area contributed by atoms with Gasteiger partial charge in [0.15, 0.2) is 0 Å². The van der Waals surface area contributed by atoms with Crippen LogP contribution < -0.4 is 0 Å². The Morgan fingerprint density at radius 1 is 1.38 bits per heavy atom. The first kappa shape index (κ1) is 11.0. The topological polar surface area (TPSA) is 0 Å². The van der Waals surface area contributed by atoms with Crippen LogP contribution in [-0.4, -0.2) is 5.67 Å².